The minimum absolute atomic E-state index is 0.232. The molecule has 1 aliphatic rings. The van der Waals surface area contributed by atoms with Gasteiger partial charge >= 0.3 is 0 Å². The van der Waals surface area contributed by atoms with Gasteiger partial charge in [0, 0.05) is 11.8 Å². The van der Waals surface area contributed by atoms with Crippen LogP contribution in [-0.4, -0.2) is 20.0 Å². The zero-order valence-corrected chi connectivity index (χ0v) is 13.4. The lowest BCUT2D eigenvalue weighted by atomic mass is 10.1. The van der Waals surface area contributed by atoms with Crippen LogP contribution >= 0.6 is 0 Å². The van der Waals surface area contributed by atoms with Crippen molar-refractivity contribution in [2.75, 3.05) is 0 Å². The Hall–Kier alpha value is -1.94. The van der Waals surface area contributed by atoms with Crippen molar-refractivity contribution >= 4 is 16.1 Å². The van der Waals surface area contributed by atoms with Gasteiger partial charge in [0.15, 0.2) is 9.84 Å². The van der Waals surface area contributed by atoms with Crippen LogP contribution in [0, 0.1) is 19.8 Å². The maximum Gasteiger partial charge on any atom is 0.182 e. The van der Waals surface area contributed by atoms with Crippen LogP contribution in [0.1, 0.15) is 22.6 Å². The summed E-state index contributed by atoms with van der Waals surface area (Å²) in [6.07, 6.45) is 0.779. The number of benzene rings is 2. The molecule has 0 heterocycles. The van der Waals surface area contributed by atoms with E-state index in [-0.39, 0.29) is 5.92 Å². The number of rotatable bonds is 4. The Labute approximate surface area is 130 Å². The number of carbonyl (C=O) groups is 1. The standard InChI is InChI=1S/C18H18O3S/c1-12-3-7-14(8-4-12)17-16(11-19)18(17)22(20,21)15-9-5-13(2)6-10-15/h3-11,16-18H,1-2H3. The molecule has 0 spiro atoms. The molecule has 1 fully saturated rings. The van der Waals surface area contributed by atoms with Crippen molar-refractivity contribution in [3.05, 3.63) is 65.2 Å². The summed E-state index contributed by atoms with van der Waals surface area (Å²) in [6, 6.07) is 14.5. The topological polar surface area (TPSA) is 51.2 Å². The molecule has 4 heteroatoms. The molecule has 1 saturated carbocycles. The van der Waals surface area contributed by atoms with Crippen molar-refractivity contribution in [1.29, 1.82) is 0 Å². The Morgan fingerprint density at radius 3 is 1.86 bits per heavy atom. The van der Waals surface area contributed by atoms with Gasteiger partial charge in [0.05, 0.1) is 10.1 Å². The number of aryl methyl sites for hydroxylation is 2. The highest BCUT2D eigenvalue weighted by atomic mass is 32.2. The summed E-state index contributed by atoms with van der Waals surface area (Å²) < 4.78 is 25.5. The molecule has 114 valence electrons. The van der Waals surface area contributed by atoms with Gasteiger partial charge in [0.1, 0.15) is 6.29 Å². The third-order valence-electron chi connectivity index (χ3n) is 4.33. The Balaban J connectivity index is 1.95. The highest BCUT2D eigenvalue weighted by Gasteiger charge is 2.58. The lowest BCUT2D eigenvalue weighted by molar-refractivity contribution is -0.108. The van der Waals surface area contributed by atoms with E-state index in [1.54, 1.807) is 24.3 Å². The molecule has 3 atom stereocenters. The maximum absolute atomic E-state index is 12.8. The van der Waals surface area contributed by atoms with Gasteiger partial charge in [-0.05, 0) is 31.5 Å². The first-order valence-electron chi connectivity index (χ1n) is 7.27. The fourth-order valence-electron chi connectivity index (χ4n) is 2.95. The summed E-state index contributed by atoms with van der Waals surface area (Å²) in [7, 11) is -3.48. The molecule has 0 N–H and O–H groups in total. The average molecular weight is 314 g/mol. The monoisotopic (exact) mass is 314 g/mol. The van der Waals surface area contributed by atoms with Crippen LogP contribution in [0.5, 0.6) is 0 Å². The van der Waals surface area contributed by atoms with Gasteiger partial charge in [-0.3, -0.25) is 0 Å². The SMILES string of the molecule is Cc1ccc(C2C(C=O)C2S(=O)(=O)c2ccc(C)cc2)cc1. The Bertz CT molecular complexity index is 789. The lowest BCUT2D eigenvalue weighted by Crippen LogP contribution is -2.11. The Kier molecular flexibility index (Phi) is 3.65. The second-order valence-corrected chi connectivity index (χ2v) is 8.08. The van der Waals surface area contributed by atoms with E-state index in [0.717, 1.165) is 23.0 Å². The molecule has 2 aromatic rings. The van der Waals surface area contributed by atoms with Crippen molar-refractivity contribution in [2.45, 2.75) is 29.9 Å². The van der Waals surface area contributed by atoms with Crippen molar-refractivity contribution in [1.82, 2.24) is 0 Å². The molecule has 3 rings (SSSR count). The van der Waals surface area contributed by atoms with Crippen LogP contribution < -0.4 is 0 Å². The second kappa shape index (κ2) is 5.36. The van der Waals surface area contributed by atoms with E-state index in [4.69, 9.17) is 0 Å². The molecule has 2 aromatic carbocycles. The van der Waals surface area contributed by atoms with E-state index in [1.807, 2.05) is 38.1 Å². The smallest absolute Gasteiger partial charge is 0.182 e. The summed E-state index contributed by atoms with van der Waals surface area (Å²) in [6.45, 7) is 3.89. The Morgan fingerprint density at radius 2 is 1.36 bits per heavy atom. The summed E-state index contributed by atoms with van der Waals surface area (Å²) in [5.74, 6) is -0.682. The zero-order chi connectivity index (χ0) is 15.9. The molecular weight excluding hydrogens is 296 g/mol. The van der Waals surface area contributed by atoms with Crippen LogP contribution in [-0.2, 0) is 14.6 Å². The first kappa shape index (κ1) is 15.0. The van der Waals surface area contributed by atoms with E-state index < -0.39 is 21.0 Å². The highest BCUT2D eigenvalue weighted by Crippen LogP contribution is 2.52. The van der Waals surface area contributed by atoms with E-state index in [1.165, 1.54) is 0 Å². The Morgan fingerprint density at radius 1 is 0.864 bits per heavy atom. The molecule has 0 amide bonds. The number of carbonyl (C=O) groups excluding carboxylic acids is 1. The summed E-state index contributed by atoms with van der Waals surface area (Å²) in [5.41, 5.74) is 3.05. The summed E-state index contributed by atoms with van der Waals surface area (Å²) in [5, 5.41) is -0.643. The number of hydrogen-bond donors (Lipinski definition) is 0. The highest BCUT2D eigenvalue weighted by molar-refractivity contribution is 7.92. The average Bonchev–Trinajstić information content (AvgIpc) is 3.24. The van der Waals surface area contributed by atoms with E-state index in [2.05, 4.69) is 0 Å². The predicted molar refractivity (Wildman–Crippen MR) is 85.6 cm³/mol. The molecular formula is C18H18O3S. The van der Waals surface area contributed by atoms with Crippen LogP contribution in [0.4, 0.5) is 0 Å². The maximum atomic E-state index is 12.8. The van der Waals surface area contributed by atoms with Crippen molar-refractivity contribution in [2.24, 2.45) is 5.92 Å². The normalized spacial score (nSPS) is 24.0. The quantitative estimate of drug-likeness (QED) is 0.815. The van der Waals surface area contributed by atoms with Crippen LogP contribution in [0.15, 0.2) is 53.4 Å². The molecule has 0 saturated heterocycles. The minimum Gasteiger partial charge on any atom is -0.303 e. The first-order chi connectivity index (χ1) is 10.4. The fraction of sp³-hybridized carbons (Fsp3) is 0.278. The van der Waals surface area contributed by atoms with Gasteiger partial charge in [0.25, 0.3) is 0 Å². The van der Waals surface area contributed by atoms with Crippen molar-refractivity contribution in [3.8, 4) is 0 Å². The molecule has 0 aliphatic heterocycles. The first-order valence-corrected chi connectivity index (χ1v) is 8.82. The number of aldehydes is 1. The van der Waals surface area contributed by atoms with Gasteiger partial charge in [-0.25, -0.2) is 8.42 Å². The van der Waals surface area contributed by atoms with Crippen LogP contribution in [0.2, 0.25) is 0 Å². The third-order valence-corrected chi connectivity index (χ3v) is 6.59. The van der Waals surface area contributed by atoms with E-state index in [0.29, 0.717) is 4.90 Å². The minimum atomic E-state index is -3.48. The summed E-state index contributed by atoms with van der Waals surface area (Å²) >= 11 is 0. The van der Waals surface area contributed by atoms with Gasteiger partial charge in [-0.15, -0.1) is 0 Å². The lowest BCUT2D eigenvalue weighted by Gasteiger charge is -2.05. The third kappa shape index (κ3) is 2.48. The van der Waals surface area contributed by atoms with Gasteiger partial charge in [-0.1, -0.05) is 47.5 Å². The molecule has 3 nitrogen and oxygen atoms in total. The van der Waals surface area contributed by atoms with E-state index >= 15 is 0 Å². The molecule has 0 aromatic heterocycles. The van der Waals surface area contributed by atoms with Gasteiger partial charge in [-0.2, -0.15) is 0 Å². The summed E-state index contributed by atoms with van der Waals surface area (Å²) in [4.78, 5) is 11.6. The van der Waals surface area contributed by atoms with Crippen molar-refractivity contribution < 1.29 is 13.2 Å². The van der Waals surface area contributed by atoms with E-state index in [9.17, 15) is 13.2 Å². The van der Waals surface area contributed by atoms with Crippen molar-refractivity contribution in [3.63, 3.8) is 0 Å². The number of sulfone groups is 1. The molecule has 1 aliphatic carbocycles. The van der Waals surface area contributed by atoms with Gasteiger partial charge < -0.3 is 4.79 Å². The second-order valence-electron chi connectivity index (χ2n) is 5.97. The molecule has 3 unspecified atom stereocenters. The van der Waals surface area contributed by atoms with Crippen LogP contribution in [0.25, 0.3) is 0 Å². The van der Waals surface area contributed by atoms with Gasteiger partial charge in [0.2, 0.25) is 0 Å². The largest absolute Gasteiger partial charge is 0.303 e. The zero-order valence-electron chi connectivity index (χ0n) is 12.6. The van der Waals surface area contributed by atoms with Crippen LogP contribution in [0.3, 0.4) is 0 Å². The molecule has 0 bridgehead atoms. The molecule has 0 radical (unpaired) electrons. The predicted octanol–water partition coefficient (Wildman–Crippen LogP) is 3.06. The number of hydrogen-bond acceptors (Lipinski definition) is 3. The molecule has 22 heavy (non-hydrogen) atoms. The fourth-order valence-corrected chi connectivity index (χ4v) is 5.06.